The Hall–Kier alpha value is -2.15. The molecule has 0 bridgehead atoms. The van der Waals surface area contributed by atoms with Crippen LogP contribution in [0.1, 0.15) is 29.6 Å². The highest BCUT2D eigenvalue weighted by atomic mass is 19.1. The number of hydrogen-bond donors (Lipinski definition) is 1. The lowest BCUT2D eigenvalue weighted by atomic mass is 10.1. The van der Waals surface area contributed by atoms with Crippen LogP contribution in [0.5, 0.6) is 5.75 Å². The zero-order valence-corrected chi connectivity index (χ0v) is 13.2. The number of carbonyl (C=O) groups excluding carboxylic acids is 1. The van der Waals surface area contributed by atoms with Gasteiger partial charge < -0.3 is 19.5 Å². The third kappa shape index (κ3) is 3.51. The van der Waals surface area contributed by atoms with Gasteiger partial charge in [-0.3, -0.25) is 4.79 Å². The van der Waals surface area contributed by atoms with Crippen LogP contribution in [-0.2, 0) is 9.53 Å². The Balaban J connectivity index is 1.57. The molecule has 0 aliphatic carbocycles. The fraction of sp³-hybridized carbons (Fsp3) is 0.529. The summed E-state index contributed by atoms with van der Waals surface area (Å²) in [6.07, 6.45) is 1.96. The molecule has 1 N–H and O–H groups in total. The van der Waals surface area contributed by atoms with E-state index < -0.39 is 18.2 Å². The van der Waals surface area contributed by atoms with Gasteiger partial charge in [-0.2, -0.15) is 0 Å². The number of nitrogens with zero attached hydrogens (tertiary/aromatic N) is 1. The van der Waals surface area contributed by atoms with Gasteiger partial charge in [0.2, 0.25) is 5.67 Å². The van der Waals surface area contributed by atoms with E-state index in [1.807, 2.05) is 0 Å². The first-order chi connectivity index (χ1) is 11.5. The largest absolute Gasteiger partial charge is 0.491 e. The van der Waals surface area contributed by atoms with Crippen LogP contribution in [0.2, 0.25) is 0 Å². The first-order valence-electron chi connectivity index (χ1n) is 8.04. The Labute approximate surface area is 139 Å². The Morgan fingerprint density at radius 1 is 1.38 bits per heavy atom. The van der Waals surface area contributed by atoms with Crippen molar-refractivity contribution in [1.82, 2.24) is 4.90 Å². The van der Waals surface area contributed by atoms with Crippen molar-refractivity contribution < 1.29 is 28.6 Å². The summed E-state index contributed by atoms with van der Waals surface area (Å²) in [7, 11) is 0. The van der Waals surface area contributed by atoms with Crippen molar-refractivity contribution in [3.63, 3.8) is 0 Å². The van der Waals surface area contributed by atoms with Crippen LogP contribution in [0, 0.1) is 0 Å². The number of carboxylic acid groups (broad SMARTS) is 1. The number of carbonyl (C=O) groups is 2. The number of rotatable bonds is 5. The summed E-state index contributed by atoms with van der Waals surface area (Å²) in [5.41, 5.74) is -1.96. The van der Waals surface area contributed by atoms with Crippen LogP contribution >= 0.6 is 0 Å². The summed E-state index contributed by atoms with van der Waals surface area (Å²) in [5, 5.41) is 8.89. The fourth-order valence-electron chi connectivity index (χ4n) is 2.96. The molecule has 1 aromatic rings. The number of aliphatic carboxylic acids is 1. The molecule has 1 amide bonds. The standard InChI is InChI=1S/C17H20FNO5/c18-17(16(21)22)7-8-19(11-17)15(20)12-3-5-13(6-4-12)24-10-14-2-1-9-23-14/h3-6,14H,1-2,7-11H2,(H,21,22). The lowest BCUT2D eigenvalue weighted by Crippen LogP contribution is -2.38. The maximum Gasteiger partial charge on any atom is 0.343 e. The first kappa shape index (κ1) is 16.7. The highest BCUT2D eigenvalue weighted by molar-refractivity contribution is 5.95. The molecule has 2 fully saturated rings. The number of benzene rings is 1. The van der Waals surface area contributed by atoms with Gasteiger partial charge in [-0.05, 0) is 37.1 Å². The molecule has 1 aromatic carbocycles. The molecule has 6 nitrogen and oxygen atoms in total. The maximum absolute atomic E-state index is 14.0. The van der Waals surface area contributed by atoms with E-state index >= 15 is 0 Å². The average Bonchev–Trinajstić information content (AvgIpc) is 3.23. The Bertz CT molecular complexity index is 614. The molecule has 3 rings (SSSR count). The van der Waals surface area contributed by atoms with E-state index in [2.05, 4.69) is 0 Å². The molecule has 2 aliphatic heterocycles. The third-order valence-electron chi connectivity index (χ3n) is 4.45. The number of likely N-dealkylation sites (tertiary alicyclic amines) is 1. The molecule has 2 heterocycles. The first-order valence-corrected chi connectivity index (χ1v) is 8.04. The van der Waals surface area contributed by atoms with Crippen LogP contribution in [0.15, 0.2) is 24.3 Å². The SMILES string of the molecule is O=C(c1ccc(OCC2CCCO2)cc1)N1CCC(F)(C(=O)O)C1. The molecule has 0 radical (unpaired) electrons. The van der Waals surface area contributed by atoms with Crippen molar-refractivity contribution in [2.24, 2.45) is 0 Å². The minimum atomic E-state index is -2.35. The number of carboxylic acids is 1. The van der Waals surface area contributed by atoms with E-state index in [-0.39, 0.29) is 25.0 Å². The van der Waals surface area contributed by atoms with E-state index in [4.69, 9.17) is 14.6 Å². The second kappa shape index (κ2) is 6.76. The molecular formula is C17H20FNO5. The second-order valence-electron chi connectivity index (χ2n) is 6.22. The summed E-state index contributed by atoms with van der Waals surface area (Å²) >= 11 is 0. The molecule has 2 atom stereocenters. The number of hydrogen-bond acceptors (Lipinski definition) is 4. The zero-order chi connectivity index (χ0) is 17.2. The molecular weight excluding hydrogens is 317 g/mol. The van der Waals surface area contributed by atoms with Gasteiger partial charge in [-0.1, -0.05) is 0 Å². The Morgan fingerprint density at radius 2 is 2.12 bits per heavy atom. The van der Waals surface area contributed by atoms with Crippen LogP contribution in [0.3, 0.4) is 0 Å². The summed E-state index contributed by atoms with van der Waals surface area (Å²) in [6, 6.07) is 6.56. The molecule has 24 heavy (non-hydrogen) atoms. The van der Waals surface area contributed by atoms with Crippen LogP contribution in [0.25, 0.3) is 0 Å². The quantitative estimate of drug-likeness (QED) is 0.888. The topological polar surface area (TPSA) is 76.1 Å². The van der Waals surface area contributed by atoms with E-state index in [0.717, 1.165) is 19.4 Å². The third-order valence-corrected chi connectivity index (χ3v) is 4.45. The predicted octanol–water partition coefficient (Wildman–Crippen LogP) is 1.88. The monoisotopic (exact) mass is 337 g/mol. The lowest BCUT2D eigenvalue weighted by Gasteiger charge is -2.18. The molecule has 2 aliphatic rings. The highest BCUT2D eigenvalue weighted by Crippen LogP contribution is 2.27. The van der Waals surface area contributed by atoms with Gasteiger partial charge >= 0.3 is 5.97 Å². The predicted molar refractivity (Wildman–Crippen MR) is 82.9 cm³/mol. The van der Waals surface area contributed by atoms with E-state index in [1.165, 1.54) is 4.90 Å². The molecule has 130 valence electrons. The van der Waals surface area contributed by atoms with Crippen molar-refractivity contribution in [2.75, 3.05) is 26.3 Å². The Kier molecular flexibility index (Phi) is 4.71. The van der Waals surface area contributed by atoms with E-state index in [1.54, 1.807) is 24.3 Å². The number of ether oxygens (including phenoxy) is 2. The van der Waals surface area contributed by atoms with E-state index in [0.29, 0.717) is 17.9 Å². The smallest absolute Gasteiger partial charge is 0.343 e. The van der Waals surface area contributed by atoms with Crippen LogP contribution in [-0.4, -0.2) is 60.0 Å². The lowest BCUT2D eigenvalue weighted by molar-refractivity contribution is -0.149. The van der Waals surface area contributed by atoms with Crippen molar-refractivity contribution in [3.8, 4) is 5.75 Å². The van der Waals surface area contributed by atoms with Gasteiger partial charge in [0.15, 0.2) is 0 Å². The highest BCUT2D eigenvalue weighted by Gasteiger charge is 2.46. The summed E-state index contributed by atoms with van der Waals surface area (Å²) < 4.78 is 25.1. The number of alkyl halides is 1. The minimum Gasteiger partial charge on any atom is -0.491 e. The van der Waals surface area contributed by atoms with Crippen LogP contribution in [0.4, 0.5) is 4.39 Å². The van der Waals surface area contributed by atoms with Crippen LogP contribution < -0.4 is 4.74 Å². The summed E-state index contributed by atoms with van der Waals surface area (Å²) in [4.78, 5) is 24.5. The maximum atomic E-state index is 14.0. The van der Waals surface area contributed by atoms with Gasteiger partial charge in [0.1, 0.15) is 12.4 Å². The molecule has 0 saturated carbocycles. The normalized spacial score (nSPS) is 26.5. The van der Waals surface area contributed by atoms with Gasteiger partial charge in [0.25, 0.3) is 5.91 Å². The molecule has 0 aromatic heterocycles. The molecule has 7 heteroatoms. The van der Waals surface area contributed by atoms with Crippen molar-refractivity contribution >= 4 is 11.9 Å². The summed E-state index contributed by atoms with van der Waals surface area (Å²) in [6.45, 7) is 0.920. The minimum absolute atomic E-state index is 0.0961. The number of amides is 1. The molecule has 2 saturated heterocycles. The van der Waals surface area contributed by atoms with Gasteiger partial charge in [0.05, 0.1) is 12.6 Å². The molecule has 2 unspecified atom stereocenters. The van der Waals surface area contributed by atoms with E-state index in [9.17, 15) is 14.0 Å². The van der Waals surface area contributed by atoms with Gasteiger partial charge in [-0.15, -0.1) is 0 Å². The van der Waals surface area contributed by atoms with Crippen molar-refractivity contribution in [2.45, 2.75) is 31.0 Å². The second-order valence-corrected chi connectivity index (χ2v) is 6.22. The fourth-order valence-corrected chi connectivity index (χ4v) is 2.96. The molecule has 0 spiro atoms. The Morgan fingerprint density at radius 3 is 2.71 bits per heavy atom. The summed E-state index contributed by atoms with van der Waals surface area (Å²) in [5.74, 6) is -1.26. The van der Waals surface area contributed by atoms with Gasteiger partial charge in [-0.25, -0.2) is 9.18 Å². The number of halogens is 1. The average molecular weight is 337 g/mol. The van der Waals surface area contributed by atoms with Crippen molar-refractivity contribution in [3.05, 3.63) is 29.8 Å². The zero-order valence-electron chi connectivity index (χ0n) is 13.2. The van der Waals surface area contributed by atoms with Crippen molar-refractivity contribution in [1.29, 1.82) is 0 Å². The van der Waals surface area contributed by atoms with Gasteiger partial charge in [0, 0.05) is 25.1 Å².